The Morgan fingerprint density at radius 2 is 2.05 bits per heavy atom. The van der Waals surface area contributed by atoms with Crippen LogP contribution >= 0.6 is 0 Å². The Kier molecular flexibility index (Phi) is 2.83. The van der Waals surface area contributed by atoms with Crippen molar-refractivity contribution in [2.45, 2.75) is 32.1 Å². The van der Waals surface area contributed by atoms with E-state index in [4.69, 9.17) is 0 Å². The molecule has 0 saturated heterocycles. The molecule has 20 heavy (non-hydrogen) atoms. The summed E-state index contributed by atoms with van der Waals surface area (Å²) in [6, 6.07) is 10.0. The number of carbonyl (C=O) groups is 1. The lowest BCUT2D eigenvalue weighted by Crippen LogP contribution is -2.16. The van der Waals surface area contributed by atoms with Gasteiger partial charge in [0.25, 0.3) is 0 Å². The van der Waals surface area contributed by atoms with Crippen molar-refractivity contribution in [3.05, 3.63) is 42.2 Å². The first kappa shape index (κ1) is 12.1. The highest BCUT2D eigenvalue weighted by Crippen LogP contribution is 2.49. The van der Waals surface area contributed by atoms with E-state index in [1.165, 1.54) is 25.7 Å². The van der Waals surface area contributed by atoms with Gasteiger partial charge in [-0.1, -0.05) is 30.7 Å². The van der Waals surface area contributed by atoms with Crippen LogP contribution in [0.25, 0.3) is 10.8 Å². The second kappa shape index (κ2) is 4.69. The number of benzene rings is 1. The number of fused-ring (bicyclic) bond motifs is 3. The van der Waals surface area contributed by atoms with E-state index in [1.807, 2.05) is 30.3 Å². The maximum Gasteiger partial charge on any atom is 0.182 e. The number of rotatable bonds is 3. The zero-order valence-electron chi connectivity index (χ0n) is 11.6. The van der Waals surface area contributed by atoms with Gasteiger partial charge in [-0.05, 0) is 48.5 Å². The molecule has 1 aromatic heterocycles. The lowest BCUT2D eigenvalue weighted by molar-refractivity contribution is 0.0941. The van der Waals surface area contributed by atoms with Gasteiger partial charge in [0.1, 0.15) is 5.69 Å². The van der Waals surface area contributed by atoms with Gasteiger partial charge in [-0.25, -0.2) is 0 Å². The zero-order valence-corrected chi connectivity index (χ0v) is 11.6. The lowest BCUT2D eigenvalue weighted by Gasteiger charge is -2.20. The third-order valence-electron chi connectivity index (χ3n) is 5.27. The van der Waals surface area contributed by atoms with E-state index in [9.17, 15) is 4.79 Å². The van der Waals surface area contributed by atoms with Gasteiger partial charge in [-0.3, -0.25) is 9.78 Å². The highest BCUT2D eigenvalue weighted by atomic mass is 16.1. The maximum absolute atomic E-state index is 12.6. The predicted molar refractivity (Wildman–Crippen MR) is 79.6 cm³/mol. The summed E-state index contributed by atoms with van der Waals surface area (Å²) in [5, 5.41) is 2.11. The van der Waals surface area contributed by atoms with E-state index >= 15 is 0 Å². The number of hydrogen-bond acceptors (Lipinski definition) is 2. The van der Waals surface area contributed by atoms with Crippen LogP contribution in [0.1, 0.15) is 42.6 Å². The number of Topliss-reactive ketones (excluding diaryl/α,β-unsaturated/α-hetero) is 1. The van der Waals surface area contributed by atoms with Gasteiger partial charge >= 0.3 is 0 Å². The second-order valence-corrected chi connectivity index (χ2v) is 6.44. The summed E-state index contributed by atoms with van der Waals surface area (Å²) in [7, 11) is 0. The smallest absolute Gasteiger partial charge is 0.182 e. The Bertz CT molecular complexity index is 658. The van der Waals surface area contributed by atoms with E-state index in [1.54, 1.807) is 6.20 Å². The Labute approximate surface area is 119 Å². The largest absolute Gasteiger partial charge is 0.292 e. The molecule has 2 fully saturated rings. The van der Waals surface area contributed by atoms with Crippen molar-refractivity contribution in [1.29, 1.82) is 0 Å². The molecule has 2 saturated carbocycles. The second-order valence-electron chi connectivity index (χ2n) is 6.44. The van der Waals surface area contributed by atoms with Crippen LogP contribution in [0.5, 0.6) is 0 Å². The Balaban J connectivity index is 1.61. The number of hydrogen-bond donors (Lipinski definition) is 0. The van der Waals surface area contributed by atoms with Crippen LogP contribution < -0.4 is 0 Å². The zero-order chi connectivity index (χ0) is 13.5. The molecule has 0 N–H and O–H groups in total. The molecule has 2 aliphatic rings. The number of ketones is 1. The predicted octanol–water partition coefficient (Wildman–Crippen LogP) is 4.24. The van der Waals surface area contributed by atoms with Crippen molar-refractivity contribution in [3.63, 3.8) is 0 Å². The molecule has 3 atom stereocenters. The molecule has 2 aromatic rings. The van der Waals surface area contributed by atoms with Crippen molar-refractivity contribution in [3.8, 4) is 0 Å². The van der Waals surface area contributed by atoms with E-state index in [-0.39, 0.29) is 5.78 Å². The quantitative estimate of drug-likeness (QED) is 0.777. The monoisotopic (exact) mass is 265 g/mol. The summed E-state index contributed by atoms with van der Waals surface area (Å²) in [6.45, 7) is 0. The Morgan fingerprint density at radius 3 is 2.85 bits per heavy atom. The average Bonchev–Trinajstić information content (AvgIpc) is 3.09. The molecule has 2 bridgehead atoms. The first-order valence-corrected chi connectivity index (χ1v) is 7.68. The fourth-order valence-electron chi connectivity index (χ4n) is 4.30. The number of aromatic nitrogens is 1. The highest BCUT2D eigenvalue weighted by Gasteiger charge is 2.40. The van der Waals surface area contributed by atoms with E-state index in [0.717, 1.165) is 22.6 Å². The van der Waals surface area contributed by atoms with Gasteiger partial charge in [0.15, 0.2) is 5.78 Å². The molecule has 1 heterocycles. The van der Waals surface area contributed by atoms with Gasteiger partial charge in [0.2, 0.25) is 0 Å². The van der Waals surface area contributed by atoms with E-state index < -0.39 is 0 Å². The van der Waals surface area contributed by atoms with E-state index in [0.29, 0.717) is 18.0 Å². The van der Waals surface area contributed by atoms with Crippen molar-refractivity contribution in [2.24, 2.45) is 17.8 Å². The number of nitrogens with zero attached hydrogens (tertiary/aromatic N) is 1. The standard InChI is InChI=1S/C18H19NO/c20-17(11-15-10-12-5-6-14(15)9-12)18-16-4-2-1-3-13(16)7-8-19-18/h1-4,7-8,12,14-15H,5-6,9-11H2. The number of pyridine rings is 1. The molecule has 0 radical (unpaired) electrons. The Hall–Kier alpha value is -1.70. The van der Waals surface area contributed by atoms with Gasteiger partial charge in [-0.15, -0.1) is 0 Å². The molecule has 102 valence electrons. The van der Waals surface area contributed by atoms with Crippen LogP contribution in [0, 0.1) is 17.8 Å². The molecule has 0 aliphatic heterocycles. The summed E-state index contributed by atoms with van der Waals surface area (Å²) in [4.78, 5) is 17.0. The first-order valence-electron chi connectivity index (χ1n) is 7.68. The van der Waals surface area contributed by atoms with E-state index in [2.05, 4.69) is 4.98 Å². The summed E-state index contributed by atoms with van der Waals surface area (Å²) in [6.07, 6.45) is 7.81. The van der Waals surface area contributed by atoms with Gasteiger partial charge in [0, 0.05) is 18.0 Å². The fraction of sp³-hybridized carbons (Fsp3) is 0.444. The minimum atomic E-state index is 0.236. The SMILES string of the molecule is O=C(CC1CC2CCC1C2)c1nccc2ccccc12. The molecule has 1 aromatic carbocycles. The molecule has 2 aliphatic carbocycles. The topological polar surface area (TPSA) is 30.0 Å². The summed E-state index contributed by atoms with van der Waals surface area (Å²) in [5.74, 6) is 2.55. The molecule has 0 amide bonds. The van der Waals surface area contributed by atoms with Crippen molar-refractivity contribution in [1.82, 2.24) is 4.98 Å². The van der Waals surface area contributed by atoms with Crippen LogP contribution in [0.2, 0.25) is 0 Å². The molecule has 2 nitrogen and oxygen atoms in total. The molecular formula is C18H19NO. The number of carbonyl (C=O) groups excluding carboxylic acids is 1. The van der Waals surface area contributed by atoms with Crippen LogP contribution in [-0.4, -0.2) is 10.8 Å². The van der Waals surface area contributed by atoms with Crippen molar-refractivity contribution >= 4 is 16.6 Å². The normalized spacial score (nSPS) is 28.1. The molecular weight excluding hydrogens is 246 g/mol. The van der Waals surface area contributed by atoms with Gasteiger partial charge in [0.05, 0.1) is 0 Å². The van der Waals surface area contributed by atoms with Crippen LogP contribution in [0.3, 0.4) is 0 Å². The molecule has 4 rings (SSSR count). The highest BCUT2D eigenvalue weighted by molar-refractivity contribution is 6.06. The van der Waals surface area contributed by atoms with Crippen LogP contribution in [0.15, 0.2) is 36.5 Å². The molecule has 2 heteroatoms. The third-order valence-corrected chi connectivity index (χ3v) is 5.27. The van der Waals surface area contributed by atoms with Crippen LogP contribution in [0.4, 0.5) is 0 Å². The lowest BCUT2D eigenvalue weighted by atomic mass is 9.84. The molecule has 3 unspecified atom stereocenters. The molecule has 0 spiro atoms. The summed E-state index contributed by atoms with van der Waals surface area (Å²) in [5.41, 5.74) is 0.672. The van der Waals surface area contributed by atoms with Gasteiger partial charge < -0.3 is 0 Å². The minimum Gasteiger partial charge on any atom is -0.292 e. The summed E-state index contributed by atoms with van der Waals surface area (Å²) < 4.78 is 0. The fourth-order valence-corrected chi connectivity index (χ4v) is 4.30. The van der Waals surface area contributed by atoms with Crippen LogP contribution in [-0.2, 0) is 0 Å². The third kappa shape index (κ3) is 1.94. The maximum atomic E-state index is 12.6. The first-order chi connectivity index (χ1) is 9.81. The minimum absolute atomic E-state index is 0.236. The van der Waals surface area contributed by atoms with Gasteiger partial charge in [-0.2, -0.15) is 0 Å². The van der Waals surface area contributed by atoms with Crippen molar-refractivity contribution in [2.75, 3.05) is 0 Å². The van der Waals surface area contributed by atoms with Crippen molar-refractivity contribution < 1.29 is 4.79 Å². The summed E-state index contributed by atoms with van der Waals surface area (Å²) >= 11 is 0. The average molecular weight is 265 g/mol. The Morgan fingerprint density at radius 1 is 1.15 bits per heavy atom.